The van der Waals surface area contributed by atoms with Gasteiger partial charge < -0.3 is 15.0 Å². The van der Waals surface area contributed by atoms with Crippen LogP contribution in [-0.2, 0) is 4.79 Å². The fraction of sp³-hybridized carbons (Fsp3) is 0.421. The number of piperidine rings is 1. The number of carbonyl (C=O) groups is 1. The Bertz CT molecular complexity index is 805. The molecule has 1 aromatic heterocycles. The minimum absolute atomic E-state index is 0.118. The molecule has 144 valence electrons. The number of aromatic nitrogens is 2. The highest BCUT2D eigenvalue weighted by Gasteiger charge is 2.18. The highest BCUT2D eigenvalue weighted by Crippen LogP contribution is 2.28. The quantitative estimate of drug-likeness (QED) is 0.575. The lowest BCUT2D eigenvalue weighted by molar-refractivity contribution is -0.113. The van der Waals surface area contributed by atoms with E-state index in [0.717, 1.165) is 23.9 Å². The van der Waals surface area contributed by atoms with Crippen LogP contribution in [0.25, 0.3) is 0 Å². The molecule has 2 aromatic rings. The molecule has 1 amide bonds. The lowest BCUT2D eigenvalue weighted by Crippen LogP contribution is -2.34. The van der Waals surface area contributed by atoms with Gasteiger partial charge in [-0.15, -0.1) is 0 Å². The van der Waals surface area contributed by atoms with Crippen molar-refractivity contribution in [3.05, 3.63) is 35.6 Å². The van der Waals surface area contributed by atoms with Gasteiger partial charge in [-0.05, 0) is 37.0 Å². The predicted molar refractivity (Wildman–Crippen MR) is 110 cm³/mol. The minimum atomic E-state index is -0.118. The smallest absolute Gasteiger partial charge is 0.234 e. The number of anilines is 2. The maximum Gasteiger partial charge on any atom is 0.234 e. The summed E-state index contributed by atoms with van der Waals surface area (Å²) in [5.41, 5.74) is 0.636. The number of methoxy groups -OCH3 is 1. The van der Waals surface area contributed by atoms with Crippen LogP contribution in [0.15, 0.2) is 35.6 Å². The summed E-state index contributed by atoms with van der Waals surface area (Å²) in [4.78, 5) is 23.2. The Morgan fingerprint density at radius 2 is 2.26 bits per heavy atom. The summed E-state index contributed by atoms with van der Waals surface area (Å²) < 4.78 is 5.11. The largest absolute Gasteiger partial charge is 0.495 e. The van der Waals surface area contributed by atoms with E-state index in [0.29, 0.717) is 22.4 Å². The van der Waals surface area contributed by atoms with Crippen LogP contribution in [0.1, 0.15) is 19.8 Å². The molecule has 1 fully saturated rings. The molecule has 0 saturated carbocycles. The van der Waals surface area contributed by atoms with E-state index in [9.17, 15) is 4.79 Å². The first-order chi connectivity index (χ1) is 13.0. The molecule has 0 radical (unpaired) electrons. The Hall–Kier alpha value is -1.99. The number of rotatable bonds is 6. The predicted octanol–water partition coefficient (Wildman–Crippen LogP) is 4.11. The van der Waals surface area contributed by atoms with Gasteiger partial charge in [-0.3, -0.25) is 4.79 Å². The van der Waals surface area contributed by atoms with Gasteiger partial charge in [0.15, 0.2) is 0 Å². The number of thioether (sulfide) groups is 1. The number of amides is 1. The van der Waals surface area contributed by atoms with E-state index in [2.05, 4.69) is 27.1 Å². The third-order valence-electron chi connectivity index (χ3n) is 4.40. The highest BCUT2D eigenvalue weighted by atomic mass is 35.5. The summed E-state index contributed by atoms with van der Waals surface area (Å²) in [6, 6.07) is 7.11. The van der Waals surface area contributed by atoms with Crippen molar-refractivity contribution in [2.45, 2.75) is 24.8 Å². The number of benzene rings is 1. The summed E-state index contributed by atoms with van der Waals surface area (Å²) in [7, 11) is 1.55. The second-order valence-corrected chi connectivity index (χ2v) is 8.00. The SMILES string of the molecule is COc1ccc(NC(=O)CSc2cc(N3CCCC(C)C3)ncn2)cc1Cl. The van der Waals surface area contributed by atoms with Crippen LogP contribution in [0.4, 0.5) is 11.5 Å². The van der Waals surface area contributed by atoms with E-state index in [1.165, 1.54) is 24.6 Å². The van der Waals surface area contributed by atoms with Crippen molar-refractivity contribution < 1.29 is 9.53 Å². The summed E-state index contributed by atoms with van der Waals surface area (Å²) in [6.07, 6.45) is 4.01. The molecule has 1 unspecified atom stereocenters. The average Bonchev–Trinajstić information content (AvgIpc) is 2.67. The van der Waals surface area contributed by atoms with Crippen molar-refractivity contribution in [2.75, 3.05) is 36.2 Å². The maximum absolute atomic E-state index is 12.2. The molecule has 1 aromatic carbocycles. The monoisotopic (exact) mass is 406 g/mol. The molecular formula is C19H23ClN4O2S. The van der Waals surface area contributed by atoms with Crippen molar-refractivity contribution in [2.24, 2.45) is 5.92 Å². The van der Waals surface area contributed by atoms with Gasteiger partial charge >= 0.3 is 0 Å². The molecule has 1 aliphatic rings. The Morgan fingerprint density at radius 1 is 1.41 bits per heavy atom. The molecule has 1 saturated heterocycles. The van der Waals surface area contributed by atoms with Crippen LogP contribution in [0, 0.1) is 5.92 Å². The minimum Gasteiger partial charge on any atom is -0.495 e. The first-order valence-corrected chi connectivity index (χ1v) is 10.2. The van der Waals surface area contributed by atoms with E-state index in [1.54, 1.807) is 31.6 Å². The van der Waals surface area contributed by atoms with Gasteiger partial charge in [-0.1, -0.05) is 30.3 Å². The third kappa shape index (κ3) is 5.49. The number of halogens is 1. The van der Waals surface area contributed by atoms with Crippen molar-refractivity contribution in [1.82, 2.24) is 9.97 Å². The summed E-state index contributed by atoms with van der Waals surface area (Å²) in [5.74, 6) is 2.32. The lowest BCUT2D eigenvalue weighted by Gasteiger charge is -2.31. The van der Waals surface area contributed by atoms with Gasteiger partial charge in [0, 0.05) is 24.8 Å². The summed E-state index contributed by atoms with van der Waals surface area (Å²) in [5, 5.41) is 4.08. The van der Waals surface area contributed by atoms with E-state index in [4.69, 9.17) is 16.3 Å². The zero-order valence-corrected chi connectivity index (χ0v) is 17.0. The van der Waals surface area contributed by atoms with Crippen LogP contribution < -0.4 is 15.0 Å². The van der Waals surface area contributed by atoms with Crippen molar-refractivity contribution in [3.8, 4) is 5.75 Å². The third-order valence-corrected chi connectivity index (χ3v) is 5.62. The first kappa shape index (κ1) is 19.8. The van der Waals surface area contributed by atoms with Gasteiger partial charge in [-0.25, -0.2) is 9.97 Å². The number of nitrogens with zero attached hydrogens (tertiary/aromatic N) is 3. The van der Waals surface area contributed by atoms with Crippen LogP contribution in [0.5, 0.6) is 5.75 Å². The maximum atomic E-state index is 12.2. The van der Waals surface area contributed by atoms with Crippen molar-refractivity contribution in [3.63, 3.8) is 0 Å². The Balaban J connectivity index is 1.55. The highest BCUT2D eigenvalue weighted by molar-refractivity contribution is 7.99. The average molecular weight is 407 g/mol. The van der Waals surface area contributed by atoms with Crippen LogP contribution in [0.2, 0.25) is 5.02 Å². The van der Waals surface area contributed by atoms with E-state index >= 15 is 0 Å². The molecule has 2 heterocycles. The second-order valence-electron chi connectivity index (χ2n) is 6.59. The van der Waals surface area contributed by atoms with Crippen molar-refractivity contribution in [1.29, 1.82) is 0 Å². The number of carbonyl (C=O) groups excluding carboxylic acids is 1. The Morgan fingerprint density at radius 3 is 3.00 bits per heavy atom. The zero-order chi connectivity index (χ0) is 19.2. The standard InChI is InChI=1S/C19H23ClN4O2S/c1-13-4-3-7-24(10-13)17-9-19(22-12-21-17)27-11-18(25)23-14-5-6-16(26-2)15(20)8-14/h5-6,8-9,12-13H,3-4,7,10-11H2,1-2H3,(H,23,25). The van der Waals surface area contributed by atoms with Gasteiger partial charge in [0.05, 0.1) is 17.9 Å². The molecule has 1 aliphatic heterocycles. The molecule has 27 heavy (non-hydrogen) atoms. The molecule has 0 aliphatic carbocycles. The second kappa shape index (κ2) is 9.28. The Kier molecular flexibility index (Phi) is 6.79. The number of ether oxygens (including phenoxy) is 1. The normalized spacial score (nSPS) is 16.9. The number of nitrogens with one attached hydrogen (secondary N) is 1. The summed E-state index contributed by atoms with van der Waals surface area (Å²) >= 11 is 7.48. The van der Waals surface area contributed by atoms with Gasteiger partial charge in [-0.2, -0.15) is 0 Å². The zero-order valence-electron chi connectivity index (χ0n) is 15.4. The van der Waals surface area contributed by atoms with Crippen molar-refractivity contribution >= 4 is 40.8 Å². The van der Waals surface area contributed by atoms with Crippen LogP contribution in [-0.4, -0.2) is 41.8 Å². The summed E-state index contributed by atoms with van der Waals surface area (Å²) in [6.45, 7) is 4.29. The fourth-order valence-corrected chi connectivity index (χ4v) is 3.98. The van der Waals surface area contributed by atoms with E-state index < -0.39 is 0 Å². The molecule has 1 N–H and O–H groups in total. The van der Waals surface area contributed by atoms with Gasteiger partial charge in [0.2, 0.25) is 5.91 Å². The molecule has 0 bridgehead atoms. The molecule has 6 nitrogen and oxygen atoms in total. The lowest BCUT2D eigenvalue weighted by atomic mass is 10.0. The molecule has 1 atom stereocenters. The first-order valence-electron chi connectivity index (χ1n) is 8.88. The van der Waals surface area contributed by atoms with E-state index in [-0.39, 0.29) is 11.7 Å². The number of hydrogen-bond acceptors (Lipinski definition) is 6. The van der Waals surface area contributed by atoms with Gasteiger partial charge in [0.1, 0.15) is 22.9 Å². The topological polar surface area (TPSA) is 67.3 Å². The fourth-order valence-electron chi connectivity index (χ4n) is 3.06. The molecule has 8 heteroatoms. The van der Waals surface area contributed by atoms with E-state index in [1.807, 2.05) is 6.07 Å². The van der Waals surface area contributed by atoms with Crippen LogP contribution in [0.3, 0.4) is 0 Å². The Labute approximate surface area is 168 Å². The molecular weight excluding hydrogens is 384 g/mol. The molecule has 3 rings (SSSR count). The number of hydrogen-bond donors (Lipinski definition) is 1. The van der Waals surface area contributed by atoms with Crippen LogP contribution >= 0.6 is 23.4 Å². The van der Waals surface area contributed by atoms with Gasteiger partial charge in [0.25, 0.3) is 0 Å². The molecule has 0 spiro atoms.